The number of hydrogen-bond donors (Lipinski definition) is 2. The molecule has 0 aromatic heterocycles. The molecule has 2 aliphatic rings. The fourth-order valence-electron chi connectivity index (χ4n) is 5.36. The number of carbonyl (C=O) groups is 4. The second-order valence-electron chi connectivity index (χ2n) is 9.21. The number of rotatable bonds is 5. The maximum absolute atomic E-state index is 13.9. The molecule has 0 saturated carbocycles. The average Bonchev–Trinajstić information content (AvgIpc) is 3.36. The van der Waals surface area contributed by atoms with Crippen LogP contribution in [0.4, 0.5) is 5.69 Å². The van der Waals surface area contributed by atoms with Crippen molar-refractivity contribution >= 4 is 41.0 Å². The number of esters is 1. The highest BCUT2D eigenvalue weighted by Gasteiger charge is 2.69. The highest BCUT2D eigenvalue weighted by Crippen LogP contribution is 2.54. The molecule has 2 N–H and O–H groups in total. The SMILES string of the molecule is CC(=O)Oc1ccc(C2NC(C(=O)O)(c3ccccc3)C3C(=O)N(c4ccc(C)c(Cl)c4)C(=O)C23)cc1. The summed E-state index contributed by atoms with van der Waals surface area (Å²) in [6.45, 7) is 3.09. The molecule has 3 aromatic carbocycles. The lowest BCUT2D eigenvalue weighted by Crippen LogP contribution is -2.53. The lowest BCUT2D eigenvalue weighted by Gasteiger charge is -2.31. The van der Waals surface area contributed by atoms with E-state index in [0.29, 0.717) is 21.9 Å². The molecule has 4 unspecified atom stereocenters. The number of benzene rings is 3. The number of halogens is 1. The minimum atomic E-state index is -1.86. The van der Waals surface area contributed by atoms with Gasteiger partial charge in [0, 0.05) is 18.0 Å². The van der Waals surface area contributed by atoms with Gasteiger partial charge in [-0.05, 0) is 47.9 Å². The zero-order valence-corrected chi connectivity index (χ0v) is 20.7. The molecule has 0 aliphatic carbocycles. The zero-order chi connectivity index (χ0) is 26.5. The molecule has 37 heavy (non-hydrogen) atoms. The molecule has 2 heterocycles. The number of hydrogen-bond acceptors (Lipinski definition) is 6. The number of carboxylic acids is 1. The van der Waals surface area contributed by atoms with Crippen molar-refractivity contribution in [1.29, 1.82) is 0 Å². The average molecular weight is 519 g/mol. The molecule has 2 amide bonds. The molecule has 188 valence electrons. The van der Waals surface area contributed by atoms with Gasteiger partial charge in [0.05, 0.1) is 17.5 Å². The number of carbonyl (C=O) groups excluding carboxylic acids is 3. The van der Waals surface area contributed by atoms with Crippen molar-refractivity contribution in [2.24, 2.45) is 11.8 Å². The Hall–Kier alpha value is -4.01. The van der Waals surface area contributed by atoms with Crippen molar-refractivity contribution in [1.82, 2.24) is 5.32 Å². The maximum atomic E-state index is 13.9. The Morgan fingerprint density at radius 1 is 1.00 bits per heavy atom. The first-order chi connectivity index (χ1) is 17.6. The van der Waals surface area contributed by atoms with Crippen LogP contribution in [-0.4, -0.2) is 28.9 Å². The first-order valence-electron chi connectivity index (χ1n) is 11.6. The first-order valence-corrected chi connectivity index (χ1v) is 12.0. The topological polar surface area (TPSA) is 113 Å². The summed E-state index contributed by atoms with van der Waals surface area (Å²) in [7, 11) is 0. The second-order valence-corrected chi connectivity index (χ2v) is 9.62. The molecule has 0 bridgehead atoms. The highest BCUT2D eigenvalue weighted by atomic mass is 35.5. The number of carboxylic acid groups (broad SMARTS) is 1. The standard InChI is InChI=1S/C28H23ClN2O6/c1-15-8-11-19(14-21(15)29)31-25(33)22-23(26(31)34)28(27(35)36,18-6-4-3-5-7-18)30-24(22)17-9-12-20(13-10-17)37-16(2)32/h3-14,22-24,30H,1-2H3,(H,35,36). The van der Waals surface area contributed by atoms with Crippen LogP contribution in [0.3, 0.4) is 0 Å². The molecule has 2 saturated heterocycles. The van der Waals surface area contributed by atoms with E-state index in [1.54, 1.807) is 73.7 Å². The maximum Gasteiger partial charge on any atom is 0.329 e. The Kier molecular flexibility index (Phi) is 6.09. The van der Waals surface area contributed by atoms with Crippen molar-refractivity contribution in [3.63, 3.8) is 0 Å². The number of nitrogens with zero attached hydrogens (tertiary/aromatic N) is 1. The van der Waals surface area contributed by atoms with Crippen molar-refractivity contribution in [3.8, 4) is 5.75 Å². The van der Waals surface area contributed by atoms with E-state index in [1.807, 2.05) is 0 Å². The molecule has 2 fully saturated rings. The molecular weight excluding hydrogens is 496 g/mol. The molecule has 3 aromatic rings. The summed E-state index contributed by atoms with van der Waals surface area (Å²) in [4.78, 5) is 53.2. The minimum Gasteiger partial charge on any atom is -0.480 e. The van der Waals surface area contributed by atoms with E-state index in [1.165, 1.54) is 13.0 Å². The van der Waals surface area contributed by atoms with Gasteiger partial charge < -0.3 is 9.84 Å². The molecule has 5 rings (SSSR count). The van der Waals surface area contributed by atoms with Gasteiger partial charge in [0.1, 0.15) is 5.75 Å². The van der Waals surface area contributed by atoms with Crippen molar-refractivity contribution < 1.29 is 29.0 Å². The summed E-state index contributed by atoms with van der Waals surface area (Å²) in [5.74, 6) is -4.81. The third kappa shape index (κ3) is 3.89. The van der Waals surface area contributed by atoms with Gasteiger partial charge in [-0.2, -0.15) is 0 Å². The van der Waals surface area contributed by atoms with E-state index in [9.17, 15) is 24.3 Å². The number of amides is 2. The van der Waals surface area contributed by atoms with Crippen LogP contribution >= 0.6 is 11.6 Å². The van der Waals surface area contributed by atoms with Gasteiger partial charge in [-0.25, -0.2) is 9.69 Å². The quantitative estimate of drug-likeness (QED) is 0.298. The van der Waals surface area contributed by atoms with Gasteiger partial charge in [-0.1, -0.05) is 60.1 Å². The van der Waals surface area contributed by atoms with Crippen LogP contribution in [0.5, 0.6) is 5.75 Å². The van der Waals surface area contributed by atoms with Crippen molar-refractivity contribution in [3.05, 3.63) is 94.5 Å². The van der Waals surface area contributed by atoms with Gasteiger partial charge in [0.2, 0.25) is 11.8 Å². The Morgan fingerprint density at radius 2 is 1.68 bits per heavy atom. The molecular formula is C28H23ClN2O6. The molecule has 0 radical (unpaired) electrons. The molecule has 4 atom stereocenters. The minimum absolute atomic E-state index is 0.288. The summed E-state index contributed by atoms with van der Waals surface area (Å²) in [5, 5.41) is 14.1. The van der Waals surface area contributed by atoms with E-state index < -0.39 is 47.2 Å². The Balaban J connectivity index is 1.66. The number of anilines is 1. The van der Waals surface area contributed by atoms with E-state index in [2.05, 4.69) is 5.32 Å². The number of ether oxygens (including phenoxy) is 1. The van der Waals surface area contributed by atoms with Crippen LogP contribution in [0.15, 0.2) is 72.8 Å². The number of aryl methyl sites for hydroxylation is 1. The molecule has 0 spiro atoms. The normalized spacial score (nSPS) is 24.7. The fraction of sp³-hybridized carbons (Fsp3) is 0.214. The lowest BCUT2D eigenvalue weighted by molar-refractivity contribution is -0.149. The molecule has 9 heteroatoms. The van der Waals surface area contributed by atoms with Crippen LogP contribution in [0, 0.1) is 18.8 Å². The zero-order valence-electron chi connectivity index (χ0n) is 20.0. The summed E-state index contributed by atoms with van der Waals surface area (Å²) >= 11 is 6.29. The van der Waals surface area contributed by atoms with Gasteiger partial charge >= 0.3 is 11.9 Å². The van der Waals surface area contributed by atoms with Crippen LogP contribution in [0.1, 0.15) is 29.7 Å². The van der Waals surface area contributed by atoms with Gasteiger partial charge in [-0.15, -0.1) is 0 Å². The Morgan fingerprint density at radius 3 is 2.27 bits per heavy atom. The predicted octanol–water partition coefficient (Wildman–Crippen LogP) is 4.00. The van der Waals surface area contributed by atoms with E-state index in [4.69, 9.17) is 16.3 Å². The summed E-state index contributed by atoms with van der Waals surface area (Å²) in [5.41, 5.74) is 0.148. The van der Waals surface area contributed by atoms with Crippen molar-refractivity contribution in [2.45, 2.75) is 25.4 Å². The van der Waals surface area contributed by atoms with Crippen LogP contribution < -0.4 is 15.0 Å². The number of imide groups is 1. The summed E-state index contributed by atoms with van der Waals surface area (Å²) in [6.07, 6.45) is 0. The fourth-order valence-corrected chi connectivity index (χ4v) is 5.54. The van der Waals surface area contributed by atoms with Crippen LogP contribution in [0.25, 0.3) is 0 Å². The largest absolute Gasteiger partial charge is 0.480 e. The van der Waals surface area contributed by atoms with Gasteiger partial charge in [0.25, 0.3) is 0 Å². The van der Waals surface area contributed by atoms with Crippen LogP contribution in [0.2, 0.25) is 5.02 Å². The lowest BCUT2D eigenvalue weighted by atomic mass is 9.75. The number of aliphatic carboxylic acids is 1. The predicted molar refractivity (Wildman–Crippen MR) is 135 cm³/mol. The smallest absolute Gasteiger partial charge is 0.329 e. The highest BCUT2D eigenvalue weighted by molar-refractivity contribution is 6.32. The third-order valence-electron chi connectivity index (χ3n) is 7.04. The summed E-state index contributed by atoms with van der Waals surface area (Å²) in [6, 6.07) is 18.9. The Bertz CT molecular complexity index is 1420. The Labute approximate surface area is 217 Å². The second kappa shape index (κ2) is 9.14. The number of nitrogens with one attached hydrogen (secondary N) is 1. The van der Waals surface area contributed by atoms with Gasteiger partial charge in [0.15, 0.2) is 5.54 Å². The van der Waals surface area contributed by atoms with E-state index in [-0.39, 0.29) is 5.69 Å². The van der Waals surface area contributed by atoms with Crippen molar-refractivity contribution in [2.75, 3.05) is 4.90 Å². The van der Waals surface area contributed by atoms with Gasteiger partial charge in [-0.3, -0.25) is 19.7 Å². The molecule has 8 nitrogen and oxygen atoms in total. The number of fused-ring (bicyclic) bond motifs is 1. The molecule has 2 aliphatic heterocycles. The monoisotopic (exact) mass is 518 g/mol. The third-order valence-corrected chi connectivity index (χ3v) is 7.45. The summed E-state index contributed by atoms with van der Waals surface area (Å²) < 4.78 is 5.11. The van der Waals surface area contributed by atoms with Crippen LogP contribution in [-0.2, 0) is 24.7 Å². The van der Waals surface area contributed by atoms with E-state index >= 15 is 0 Å². The first kappa shape index (κ1) is 24.7. The van der Waals surface area contributed by atoms with E-state index in [0.717, 1.165) is 10.5 Å².